The monoisotopic (exact) mass is 395 g/mol. The lowest BCUT2D eigenvalue weighted by Gasteiger charge is -2.29. The van der Waals surface area contributed by atoms with Gasteiger partial charge in [-0.05, 0) is 81.2 Å². The van der Waals surface area contributed by atoms with E-state index in [2.05, 4.69) is 21.9 Å². The fourth-order valence-electron chi connectivity index (χ4n) is 3.93. The normalized spacial score (nSPS) is 17.9. The van der Waals surface area contributed by atoms with Crippen LogP contribution in [0.2, 0.25) is 0 Å². The molecule has 1 aliphatic rings. The van der Waals surface area contributed by atoms with Crippen molar-refractivity contribution in [3.63, 3.8) is 0 Å². The van der Waals surface area contributed by atoms with Crippen molar-refractivity contribution in [3.05, 3.63) is 53.8 Å². The minimum absolute atomic E-state index is 0.0253. The maximum absolute atomic E-state index is 13.3. The molecule has 1 atom stereocenters. The van der Waals surface area contributed by atoms with Gasteiger partial charge in [-0.25, -0.2) is 4.39 Å². The number of aromatic amines is 1. The molecule has 0 bridgehead atoms. The number of nitrogens with one attached hydrogen (secondary N) is 1. The van der Waals surface area contributed by atoms with Gasteiger partial charge in [-0.1, -0.05) is 0 Å². The Morgan fingerprint density at radius 1 is 1.28 bits per heavy atom. The molecule has 152 valence electrons. The molecule has 0 amide bonds. The van der Waals surface area contributed by atoms with Crippen LogP contribution < -0.4 is 4.74 Å². The summed E-state index contributed by atoms with van der Waals surface area (Å²) in [6.07, 6.45) is 5.22. The Hall–Kier alpha value is -2.86. The predicted octanol–water partition coefficient (Wildman–Crippen LogP) is 4.87. The van der Waals surface area contributed by atoms with E-state index in [9.17, 15) is 9.50 Å². The van der Waals surface area contributed by atoms with E-state index in [0.29, 0.717) is 11.1 Å². The van der Waals surface area contributed by atoms with Gasteiger partial charge in [0.15, 0.2) is 5.88 Å². The molecule has 2 heterocycles. The average Bonchev–Trinajstić information content (AvgIpc) is 3.01. The molecule has 2 aromatic carbocycles. The summed E-state index contributed by atoms with van der Waals surface area (Å²) in [7, 11) is 2.18. The summed E-state index contributed by atoms with van der Waals surface area (Å²) in [6.45, 7) is 3.08. The number of halogens is 1. The Kier molecular flexibility index (Phi) is 5.81. The lowest BCUT2D eigenvalue weighted by molar-refractivity contribution is 0.178. The number of H-pyrrole nitrogens is 1. The number of rotatable bonds is 6. The van der Waals surface area contributed by atoms with Crippen LogP contribution >= 0.6 is 0 Å². The molecule has 3 aromatic rings. The van der Waals surface area contributed by atoms with Gasteiger partial charge < -0.3 is 19.7 Å². The van der Waals surface area contributed by atoms with Gasteiger partial charge in [-0.15, -0.1) is 0 Å². The molecule has 1 saturated heterocycles. The van der Waals surface area contributed by atoms with Crippen molar-refractivity contribution >= 4 is 22.8 Å². The highest BCUT2D eigenvalue weighted by Crippen LogP contribution is 2.27. The summed E-state index contributed by atoms with van der Waals surface area (Å²) < 4.78 is 19.2. The van der Waals surface area contributed by atoms with E-state index in [0.717, 1.165) is 42.3 Å². The highest BCUT2D eigenvalue weighted by atomic mass is 19.1. The molecular weight excluding hydrogens is 369 g/mol. The molecule has 1 fully saturated rings. The number of benzene rings is 2. The molecule has 1 unspecified atom stereocenters. The smallest absolute Gasteiger partial charge is 0.198 e. The fraction of sp³-hybridized carbons (Fsp3) is 0.348. The molecule has 4 rings (SSSR count). The van der Waals surface area contributed by atoms with E-state index >= 15 is 0 Å². The Labute approximate surface area is 169 Å². The topological polar surface area (TPSA) is 60.9 Å². The lowest BCUT2D eigenvalue weighted by Crippen LogP contribution is -2.32. The molecular formula is C23H26FN3O2. The minimum atomic E-state index is -0.353. The molecule has 5 nitrogen and oxygen atoms in total. The standard InChI is InChI=1S/C23H26FN3O2/c1-27-11-2-3-16(15-27)10-12-29-19-7-5-18(6-8-19)25-14-21-20-9-4-17(24)13-22(20)26-23(21)28/h4-9,13-14,16,26,28H,2-3,10-12,15H2,1H3. The minimum Gasteiger partial charge on any atom is -0.494 e. The summed E-state index contributed by atoms with van der Waals surface area (Å²) in [5.41, 5.74) is 1.83. The summed E-state index contributed by atoms with van der Waals surface area (Å²) in [5.74, 6) is 1.17. The first-order valence-electron chi connectivity index (χ1n) is 10.0. The summed E-state index contributed by atoms with van der Waals surface area (Å²) in [5, 5.41) is 10.8. The van der Waals surface area contributed by atoms with Crippen molar-refractivity contribution in [1.29, 1.82) is 0 Å². The van der Waals surface area contributed by atoms with Gasteiger partial charge in [-0.3, -0.25) is 4.99 Å². The van der Waals surface area contributed by atoms with Gasteiger partial charge in [0.2, 0.25) is 0 Å². The first-order valence-corrected chi connectivity index (χ1v) is 10.0. The SMILES string of the molecule is CN1CCCC(CCOc2ccc(N=Cc3c(O)[nH]c4cc(F)ccc34)cc2)C1. The van der Waals surface area contributed by atoms with Crippen molar-refractivity contribution in [3.8, 4) is 11.6 Å². The first-order chi connectivity index (χ1) is 14.1. The van der Waals surface area contributed by atoms with E-state index < -0.39 is 0 Å². The van der Waals surface area contributed by atoms with E-state index in [1.807, 2.05) is 24.3 Å². The van der Waals surface area contributed by atoms with Crippen molar-refractivity contribution in [2.45, 2.75) is 19.3 Å². The Morgan fingerprint density at radius 3 is 2.90 bits per heavy atom. The zero-order chi connectivity index (χ0) is 20.2. The summed E-state index contributed by atoms with van der Waals surface area (Å²) in [6, 6.07) is 11.9. The number of likely N-dealkylation sites (tertiary alicyclic amines) is 1. The van der Waals surface area contributed by atoms with E-state index in [1.165, 1.54) is 31.5 Å². The molecule has 2 N–H and O–H groups in total. The highest BCUT2D eigenvalue weighted by molar-refractivity contribution is 6.02. The van der Waals surface area contributed by atoms with Crippen molar-refractivity contribution in [2.24, 2.45) is 10.9 Å². The Balaban J connectivity index is 1.35. The third-order valence-corrected chi connectivity index (χ3v) is 5.48. The second kappa shape index (κ2) is 8.66. The molecule has 0 aliphatic carbocycles. The van der Waals surface area contributed by atoms with Crippen LogP contribution in [-0.4, -0.2) is 47.9 Å². The van der Waals surface area contributed by atoms with E-state index in [4.69, 9.17) is 4.74 Å². The molecule has 0 spiro atoms. The van der Waals surface area contributed by atoms with Gasteiger partial charge in [0.1, 0.15) is 11.6 Å². The van der Waals surface area contributed by atoms with E-state index in [1.54, 1.807) is 12.3 Å². The molecule has 0 saturated carbocycles. The molecule has 1 aromatic heterocycles. The molecule has 29 heavy (non-hydrogen) atoms. The van der Waals surface area contributed by atoms with Gasteiger partial charge in [-0.2, -0.15) is 0 Å². The second-order valence-electron chi connectivity index (χ2n) is 7.74. The average molecular weight is 395 g/mol. The third kappa shape index (κ3) is 4.77. The van der Waals surface area contributed by atoms with Crippen LogP contribution in [0.3, 0.4) is 0 Å². The number of fused-ring (bicyclic) bond motifs is 1. The van der Waals surface area contributed by atoms with E-state index in [-0.39, 0.29) is 11.7 Å². The van der Waals surface area contributed by atoms with Crippen LogP contribution in [0.1, 0.15) is 24.8 Å². The summed E-state index contributed by atoms with van der Waals surface area (Å²) >= 11 is 0. The van der Waals surface area contributed by atoms with Crippen LogP contribution in [0.4, 0.5) is 10.1 Å². The number of aliphatic imine (C=N–C) groups is 1. The Morgan fingerprint density at radius 2 is 2.10 bits per heavy atom. The Bertz CT molecular complexity index is 997. The number of piperidine rings is 1. The second-order valence-corrected chi connectivity index (χ2v) is 7.74. The maximum Gasteiger partial charge on any atom is 0.198 e. The molecule has 6 heteroatoms. The largest absolute Gasteiger partial charge is 0.494 e. The predicted molar refractivity (Wildman–Crippen MR) is 114 cm³/mol. The zero-order valence-corrected chi connectivity index (χ0v) is 16.6. The van der Waals surface area contributed by atoms with Crippen LogP contribution in [0.5, 0.6) is 11.6 Å². The van der Waals surface area contributed by atoms with Crippen LogP contribution in [0.25, 0.3) is 10.9 Å². The van der Waals surface area contributed by atoms with Crippen LogP contribution in [0, 0.1) is 11.7 Å². The zero-order valence-electron chi connectivity index (χ0n) is 16.6. The van der Waals surface area contributed by atoms with Gasteiger partial charge in [0.05, 0.1) is 23.4 Å². The van der Waals surface area contributed by atoms with Crippen molar-refractivity contribution in [2.75, 3.05) is 26.7 Å². The third-order valence-electron chi connectivity index (χ3n) is 5.48. The quantitative estimate of drug-likeness (QED) is 0.585. The molecule has 0 radical (unpaired) electrons. The van der Waals surface area contributed by atoms with Gasteiger partial charge >= 0.3 is 0 Å². The van der Waals surface area contributed by atoms with Crippen molar-refractivity contribution < 1.29 is 14.2 Å². The van der Waals surface area contributed by atoms with Crippen LogP contribution in [0.15, 0.2) is 47.5 Å². The fourth-order valence-corrected chi connectivity index (χ4v) is 3.93. The summed E-state index contributed by atoms with van der Waals surface area (Å²) in [4.78, 5) is 9.58. The van der Waals surface area contributed by atoms with Gasteiger partial charge in [0.25, 0.3) is 0 Å². The maximum atomic E-state index is 13.3. The number of nitrogens with zero attached hydrogens (tertiary/aromatic N) is 2. The number of aromatic hydroxyl groups is 1. The van der Waals surface area contributed by atoms with Crippen molar-refractivity contribution in [1.82, 2.24) is 9.88 Å². The number of hydrogen-bond donors (Lipinski definition) is 2. The van der Waals surface area contributed by atoms with Crippen LogP contribution in [-0.2, 0) is 0 Å². The number of ether oxygens (including phenoxy) is 1. The lowest BCUT2D eigenvalue weighted by atomic mass is 9.96. The number of hydrogen-bond acceptors (Lipinski definition) is 4. The highest BCUT2D eigenvalue weighted by Gasteiger charge is 2.16. The number of aromatic nitrogens is 1. The molecule has 1 aliphatic heterocycles. The first kappa shape index (κ1) is 19.5. The van der Waals surface area contributed by atoms with Gasteiger partial charge in [0, 0.05) is 18.1 Å².